The predicted octanol–water partition coefficient (Wildman–Crippen LogP) is 7.78. The first-order chi connectivity index (χ1) is 33.5. The molecule has 0 unspecified atom stereocenters. The lowest BCUT2D eigenvalue weighted by Crippen LogP contribution is -2.48. The van der Waals surface area contributed by atoms with E-state index < -0.39 is 48.0 Å². The molecule has 0 aliphatic heterocycles. The number of phenolic OH excluding ortho intramolecular Hbond substituents is 1. The largest absolute Gasteiger partial charge is 0.507 e. The van der Waals surface area contributed by atoms with Crippen molar-refractivity contribution in [2.45, 2.75) is 38.0 Å². The van der Waals surface area contributed by atoms with Crippen LogP contribution in [0, 0.1) is 0 Å². The number of esters is 3. The van der Waals surface area contributed by atoms with Crippen LogP contribution in [-0.2, 0) is 46.4 Å². The molecule has 356 valence electrons. The number of rotatable bonds is 20. The van der Waals surface area contributed by atoms with Gasteiger partial charge in [0.2, 0.25) is 5.91 Å². The average Bonchev–Trinajstić information content (AvgIpc) is 3.38. The molecule has 69 heavy (non-hydrogen) atoms. The Morgan fingerprint density at radius 3 is 1.91 bits per heavy atom. The molecular weight excluding hydrogens is 887 g/mol. The molecule has 6 aromatic rings. The number of anilines is 2. The van der Waals surface area contributed by atoms with E-state index in [-0.39, 0.29) is 65.9 Å². The Balaban J connectivity index is 1.19. The molecule has 1 atom stereocenters. The van der Waals surface area contributed by atoms with Crippen LogP contribution in [-0.4, -0.2) is 81.4 Å². The zero-order chi connectivity index (χ0) is 49.1. The van der Waals surface area contributed by atoms with Crippen molar-refractivity contribution in [3.05, 3.63) is 185 Å². The summed E-state index contributed by atoms with van der Waals surface area (Å²) in [6.45, 7) is 0.111. The third-order valence-electron chi connectivity index (χ3n) is 10.6. The molecule has 0 bridgehead atoms. The number of phenols is 1. The zero-order valence-electron chi connectivity index (χ0n) is 38.1. The summed E-state index contributed by atoms with van der Waals surface area (Å²) >= 11 is 0. The molecule has 0 saturated heterocycles. The van der Waals surface area contributed by atoms with Crippen LogP contribution in [0.25, 0.3) is 0 Å². The highest BCUT2D eigenvalue weighted by Gasteiger charge is 2.32. The molecule has 6 aromatic carbocycles. The van der Waals surface area contributed by atoms with E-state index in [0.717, 1.165) is 4.90 Å². The van der Waals surface area contributed by atoms with Gasteiger partial charge < -0.3 is 44.2 Å². The number of hydrogen-bond acceptors (Lipinski definition) is 13. The van der Waals surface area contributed by atoms with Crippen LogP contribution in [0.1, 0.15) is 61.9 Å². The third-order valence-corrected chi connectivity index (χ3v) is 10.6. The van der Waals surface area contributed by atoms with Crippen molar-refractivity contribution < 1.29 is 62.3 Å². The zero-order valence-corrected chi connectivity index (χ0v) is 38.1. The molecule has 0 fully saturated rings. The van der Waals surface area contributed by atoms with Crippen LogP contribution in [0.3, 0.4) is 0 Å². The van der Waals surface area contributed by atoms with Crippen LogP contribution < -0.4 is 25.0 Å². The molecule has 0 aromatic heterocycles. The van der Waals surface area contributed by atoms with Crippen LogP contribution in [0.5, 0.6) is 17.2 Å². The molecular formula is C53H51N3O13. The van der Waals surface area contributed by atoms with Gasteiger partial charge in [-0.2, -0.15) is 0 Å². The fraction of sp³-hybridized carbons (Fsp3) is 0.208. The topological polar surface area (TPSA) is 205 Å². The summed E-state index contributed by atoms with van der Waals surface area (Å²) in [4.78, 5) is 81.4. The number of unbranched alkanes of at least 4 members (excludes halogenated alkanes) is 1. The van der Waals surface area contributed by atoms with Crippen molar-refractivity contribution in [2.24, 2.45) is 0 Å². The minimum atomic E-state index is -1.19. The molecule has 6 rings (SSSR count). The average molecular weight is 938 g/mol. The normalized spacial score (nSPS) is 11.1. The second-order valence-electron chi connectivity index (χ2n) is 15.2. The Morgan fingerprint density at radius 1 is 0.667 bits per heavy atom. The van der Waals surface area contributed by atoms with Gasteiger partial charge in [-0.3, -0.25) is 14.5 Å². The Bertz CT molecular complexity index is 2660. The number of methoxy groups -OCH3 is 3. The fourth-order valence-electron chi connectivity index (χ4n) is 7.12. The molecule has 3 amide bonds. The summed E-state index contributed by atoms with van der Waals surface area (Å²) < 4.78 is 32.2. The van der Waals surface area contributed by atoms with Gasteiger partial charge in [-0.1, -0.05) is 115 Å². The number of carbonyl (C=O) groups is 6. The van der Waals surface area contributed by atoms with Crippen LogP contribution in [0.4, 0.5) is 16.2 Å². The Morgan fingerprint density at radius 2 is 1.29 bits per heavy atom. The van der Waals surface area contributed by atoms with E-state index in [0.29, 0.717) is 35.1 Å². The molecule has 0 heterocycles. The molecule has 3 N–H and O–H groups in total. The number of hydrogen-bond donors (Lipinski definition) is 3. The predicted molar refractivity (Wildman–Crippen MR) is 253 cm³/mol. The summed E-state index contributed by atoms with van der Waals surface area (Å²) in [5.41, 5.74) is 2.68. The van der Waals surface area contributed by atoms with Crippen LogP contribution >= 0.6 is 0 Å². The van der Waals surface area contributed by atoms with Gasteiger partial charge in [0.25, 0.3) is 0 Å². The van der Waals surface area contributed by atoms with Gasteiger partial charge in [0, 0.05) is 30.8 Å². The highest BCUT2D eigenvalue weighted by atomic mass is 16.6. The van der Waals surface area contributed by atoms with E-state index in [4.69, 9.17) is 28.4 Å². The van der Waals surface area contributed by atoms with E-state index in [2.05, 4.69) is 10.6 Å². The van der Waals surface area contributed by atoms with E-state index in [1.807, 2.05) is 66.7 Å². The summed E-state index contributed by atoms with van der Waals surface area (Å²) in [5.74, 6) is -4.40. The maximum atomic E-state index is 14.3. The van der Waals surface area contributed by atoms with Crippen molar-refractivity contribution in [2.75, 3.05) is 39.4 Å². The summed E-state index contributed by atoms with van der Waals surface area (Å²) in [5, 5.41) is 15.7. The first kappa shape index (κ1) is 49.8. The van der Waals surface area contributed by atoms with Crippen molar-refractivity contribution in [1.29, 1.82) is 0 Å². The summed E-state index contributed by atoms with van der Waals surface area (Å²) in [7, 11) is 3.75. The summed E-state index contributed by atoms with van der Waals surface area (Å²) in [6.07, 6.45) is -0.823. The van der Waals surface area contributed by atoms with Crippen molar-refractivity contribution in [3.8, 4) is 17.2 Å². The number of amides is 3. The Hall–Kier alpha value is -8.66. The van der Waals surface area contributed by atoms with Crippen molar-refractivity contribution in [3.63, 3.8) is 0 Å². The van der Waals surface area contributed by atoms with Gasteiger partial charge in [0.15, 0.2) is 6.10 Å². The molecule has 0 aliphatic carbocycles. The number of alkyl carbamates (subject to hydrolysis) is 1. The highest BCUT2D eigenvalue weighted by Crippen LogP contribution is 2.35. The van der Waals surface area contributed by atoms with E-state index >= 15 is 0 Å². The number of benzene rings is 6. The smallest absolute Gasteiger partial charge is 0.407 e. The molecule has 0 aliphatic rings. The third kappa shape index (κ3) is 13.5. The van der Waals surface area contributed by atoms with Gasteiger partial charge in [-0.15, -0.1) is 0 Å². The number of para-hydroxylation sites is 1. The Kier molecular flexibility index (Phi) is 17.8. The summed E-state index contributed by atoms with van der Waals surface area (Å²) in [6, 6.07) is 41.4. The minimum absolute atomic E-state index is 0.0150. The lowest BCUT2D eigenvalue weighted by Gasteiger charge is -2.25. The number of nitrogens with one attached hydrogen (secondary N) is 2. The van der Waals surface area contributed by atoms with Gasteiger partial charge in [-0.05, 0) is 59.4 Å². The lowest BCUT2D eigenvalue weighted by atomic mass is 10.0. The van der Waals surface area contributed by atoms with E-state index in [1.165, 1.54) is 57.7 Å². The van der Waals surface area contributed by atoms with E-state index in [1.54, 1.807) is 48.5 Å². The van der Waals surface area contributed by atoms with E-state index in [9.17, 15) is 33.9 Å². The highest BCUT2D eigenvalue weighted by molar-refractivity contribution is 6.40. The Labute approximate surface area is 398 Å². The molecule has 0 saturated carbocycles. The lowest BCUT2D eigenvalue weighted by molar-refractivity contribution is -0.154. The van der Waals surface area contributed by atoms with Gasteiger partial charge in [0.1, 0.15) is 35.5 Å². The monoisotopic (exact) mass is 937 g/mol. The number of aromatic hydroxyl groups is 1. The molecule has 16 nitrogen and oxygen atoms in total. The van der Waals surface area contributed by atoms with Gasteiger partial charge >= 0.3 is 29.9 Å². The van der Waals surface area contributed by atoms with Crippen molar-refractivity contribution >= 4 is 47.2 Å². The number of carbonyl (C=O) groups excluding carboxylic acids is 6. The maximum absolute atomic E-state index is 14.3. The minimum Gasteiger partial charge on any atom is -0.507 e. The quantitative estimate of drug-likeness (QED) is 0.0290. The second kappa shape index (κ2) is 24.7. The number of nitrogens with zero attached hydrogens (tertiary/aromatic N) is 1. The molecule has 0 spiro atoms. The van der Waals surface area contributed by atoms with Crippen molar-refractivity contribution in [1.82, 2.24) is 10.6 Å². The maximum Gasteiger partial charge on any atom is 0.407 e. The SMILES string of the molecule is COC(=O)N[C@@H](Cc1ccc(N(C(=O)C(=O)OCc2ccccc2)c2ccccc2C(=O)OC(c2ccccc2)c2ccccc2)cc1)C(=O)NCCCCOc1cc(OC)cc(O)c1C(=O)OC. The molecule has 16 heteroatoms. The first-order valence-electron chi connectivity index (χ1n) is 21.8. The van der Waals surface area contributed by atoms with Gasteiger partial charge in [0.05, 0.1) is 39.2 Å². The molecule has 0 radical (unpaired) electrons. The number of ether oxygens (including phenoxy) is 6. The van der Waals surface area contributed by atoms with Gasteiger partial charge in [-0.25, -0.2) is 19.2 Å². The standard InChI is InChI=1S/C53H51N3O13/c1-64-40-32-44(57)46(51(61)65-2)45(33-40)67-30-16-15-29-54-48(58)42(55-53(63)66-3)31-35-25-27-39(28-26-35)56(49(59)52(62)68-34-36-17-7-4-8-18-36)43-24-14-13-23-41(43)50(60)69-47(37-19-9-5-10-20-37)38-21-11-6-12-22-38/h4-14,17-28,32-33,42,47,57H,15-16,29-31,34H2,1-3H3,(H,54,58)(H,55,63)/t42-/m0/s1. The second-order valence-corrected chi connectivity index (χ2v) is 15.2. The first-order valence-corrected chi connectivity index (χ1v) is 21.8. The fourth-order valence-corrected chi connectivity index (χ4v) is 7.12. The van der Waals surface area contributed by atoms with Crippen LogP contribution in [0.2, 0.25) is 0 Å². The van der Waals surface area contributed by atoms with Crippen LogP contribution in [0.15, 0.2) is 152 Å².